The third-order valence-electron chi connectivity index (χ3n) is 4.66. The van der Waals surface area contributed by atoms with E-state index in [0.717, 1.165) is 35.6 Å². The molecule has 1 aliphatic heterocycles. The summed E-state index contributed by atoms with van der Waals surface area (Å²) in [6.07, 6.45) is 4.24. The summed E-state index contributed by atoms with van der Waals surface area (Å²) in [5, 5.41) is 7.20. The fourth-order valence-corrected chi connectivity index (χ4v) is 3.20. The highest BCUT2D eigenvalue weighted by molar-refractivity contribution is 5.71. The van der Waals surface area contributed by atoms with Gasteiger partial charge in [-0.2, -0.15) is 0 Å². The highest BCUT2D eigenvalue weighted by Gasteiger charge is 2.09. The molecule has 0 radical (unpaired) electrons. The fourth-order valence-electron chi connectivity index (χ4n) is 3.20. The molecule has 0 aliphatic carbocycles. The van der Waals surface area contributed by atoms with Crippen molar-refractivity contribution in [2.75, 3.05) is 26.4 Å². The van der Waals surface area contributed by atoms with Crippen LogP contribution in [0.25, 0.3) is 11.4 Å². The Balaban J connectivity index is 1.98. The number of hydrogen-bond donors (Lipinski definition) is 2. The lowest BCUT2D eigenvalue weighted by Gasteiger charge is -2.18. The van der Waals surface area contributed by atoms with E-state index in [-0.39, 0.29) is 0 Å². The van der Waals surface area contributed by atoms with Gasteiger partial charge in [-0.3, -0.25) is 0 Å². The van der Waals surface area contributed by atoms with Crippen LogP contribution in [0.5, 0.6) is 0 Å². The van der Waals surface area contributed by atoms with Crippen LogP contribution in [-0.4, -0.2) is 26.4 Å². The Kier molecular flexibility index (Phi) is 7.71. The molecule has 28 heavy (non-hydrogen) atoms. The van der Waals surface area contributed by atoms with Crippen molar-refractivity contribution in [3.05, 3.63) is 82.9 Å². The first-order valence-electron chi connectivity index (χ1n) is 10.0. The molecule has 0 fully saturated rings. The molecule has 0 unspecified atom stereocenters. The minimum absolute atomic E-state index is 0.592. The standard InChI is InChI=1S/C24H30N2O2/c1-3-27-13-11-23-21-9-6-10-22(16-21)24(12-14-28-4-2)26-18-20-8-5-7-19(15-20)17-25-23/h5-12,15-16,25-26H,3-4,13-14,17-18H2,1-2H3/b23-11-,24-12-. The van der Waals surface area contributed by atoms with E-state index < -0.39 is 0 Å². The smallest absolute Gasteiger partial charge is 0.0670 e. The van der Waals surface area contributed by atoms with Crippen molar-refractivity contribution >= 4 is 11.4 Å². The molecule has 0 saturated carbocycles. The Labute approximate surface area is 168 Å². The summed E-state index contributed by atoms with van der Waals surface area (Å²) in [7, 11) is 0. The van der Waals surface area contributed by atoms with Crippen LogP contribution in [-0.2, 0) is 22.6 Å². The van der Waals surface area contributed by atoms with Crippen LogP contribution in [0.15, 0.2) is 60.7 Å². The monoisotopic (exact) mass is 378 g/mol. The van der Waals surface area contributed by atoms with Gasteiger partial charge in [-0.15, -0.1) is 0 Å². The largest absolute Gasteiger partial charge is 0.381 e. The van der Waals surface area contributed by atoms with Gasteiger partial charge >= 0.3 is 0 Å². The van der Waals surface area contributed by atoms with E-state index in [2.05, 4.69) is 71.3 Å². The third-order valence-corrected chi connectivity index (χ3v) is 4.66. The Hall–Kier alpha value is -2.56. The first-order chi connectivity index (χ1) is 13.8. The van der Waals surface area contributed by atoms with Crippen LogP contribution < -0.4 is 10.6 Å². The second kappa shape index (κ2) is 10.7. The molecule has 0 aromatic heterocycles. The molecule has 0 saturated heterocycles. The molecule has 0 spiro atoms. The van der Waals surface area contributed by atoms with E-state index in [0.29, 0.717) is 26.4 Å². The van der Waals surface area contributed by atoms with Crippen LogP contribution in [0.2, 0.25) is 0 Å². The van der Waals surface area contributed by atoms with Gasteiger partial charge in [-0.1, -0.05) is 42.5 Å². The van der Waals surface area contributed by atoms with Crippen LogP contribution in [0, 0.1) is 0 Å². The molecular formula is C24H30N2O2. The zero-order valence-corrected chi connectivity index (χ0v) is 16.8. The van der Waals surface area contributed by atoms with Crippen molar-refractivity contribution in [1.82, 2.24) is 10.6 Å². The summed E-state index contributed by atoms with van der Waals surface area (Å²) < 4.78 is 11.1. The second-order valence-electron chi connectivity index (χ2n) is 6.66. The van der Waals surface area contributed by atoms with Crippen molar-refractivity contribution < 1.29 is 9.47 Å². The molecule has 148 valence electrons. The zero-order chi connectivity index (χ0) is 19.6. The Morgan fingerprint density at radius 2 is 1.25 bits per heavy atom. The Morgan fingerprint density at radius 3 is 1.75 bits per heavy atom. The van der Waals surface area contributed by atoms with Gasteiger partial charge in [-0.05, 0) is 54.3 Å². The van der Waals surface area contributed by atoms with Gasteiger partial charge in [0.25, 0.3) is 0 Å². The molecule has 0 atom stereocenters. The lowest BCUT2D eigenvalue weighted by molar-refractivity contribution is 0.177. The molecular weight excluding hydrogens is 348 g/mol. The SMILES string of the molecule is CCOC/C=C1\NCc2cccc(c2)CN/C(=C\COCC)c2cccc1c2. The number of benzene rings is 2. The zero-order valence-electron chi connectivity index (χ0n) is 16.8. The minimum atomic E-state index is 0.592. The van der Waals surface area contributed by atoms with Crippen LogP contribution >= 0.6 is 0 Å². The topological polar surface area (TPSA) is 42.5 Å². The second-order valence-corrected chi connectivity index (χ2v) is 6.66. The molecule has 2 aromatic rings. The van der Waals surface area contributed by atoms with E-state index in [1.807, 2.05) is 13.8 Å². The normalized spacial score (nSPS) is 16.8. The van der Waals surface area contributed by atoms with Crippen LogP contribution in [0.1, 0.15) is 36.1 Å². The van der Waals surface area contributed by atoms with Gasteiger partial charge < -0.3 is 20.1 Å². The van der Waals surface area contributed by atoms with Gasteiger partial charge in [0.2, 0.25) is 0 Å². The molecule has 4 nitrogen and oxygen atoms in total. The summed E-state index contributed by atoms with van der Waals surface area (Å²) in [4.78, 5) is 0. The molecule has 2 N–H and O–H groups in total. The van der Waals surface area contributed by atoms with Crippen molar-refractivity contribution in [2.45, 2.75) is 26.9 Å². The van der Waals surface area contributed by atoms with E-state index in [1.165, 1.54) is 11.1 Å². The predicted octanol–water partition coefficient (Wildman–Crippen LogP) is 4.33. The van der Waals surface area contributed by atoms with Crippen molar-refractivity contribution in [2.24, 2.45) is 0 Å². The average molecular weight is 379 g/mol. The van der Waals surface area contributed by atoms with Gasteiger partial charge in [0, 0.05) is 37.7 Å². The van der Waals surface area contributed by atoms with E-state index >= 15 is 0 Å². The van der Waals surface area contributed by atoms with Crippen LogP contribution in [0.3, 0.4) is 0 Å². The van der Waals surface area contributed by atoms with E-state index in [4.69, 9.17) is 9.47 Å². The quantitative estimate of drug-likeness (QED) is 0.734. The first kappa shape index (κ1) is 20.2. The van der Waals surface area contributed by atoms with Crippen molar-refractivity contribution in [1.29, 1.82) is 0 Å². The summed E-state index contributed by atoms with van der Waals surface area (Å²) in [6.45, 7) is 8.19. The van der Waals surface area contributed by atoms with Gasteiger partial charge in [0.05, 0.1) is 13.2 Å². The maximum absolute atomic E-state index is 5.55. The highest BCUT2D eigenvalue weighted by Crippen LogP contribution is 2.21. The number of hydrogen-bond acceptors (Lipinski definition) is 4. The number of rotatable bonds is 6. The lowest BCUT2D eigenvalue weighted by atomic mass is 10.0. The lowest BCUT2D eigenvalue weighted by Crippen LogP contribution is -2.17. The van der Waals surface area contributed by atoms with Crippen molar-refractivity contribution in [3.63, 3.8) is 0 Å². The molecule has 1 aliphatic rings. The van der Waals surface area contributed by atoms with Crippen molar-refractivity contribution in [3.8, 4) is 0 Å². The van der Waals surface area contributed by atoms with Gasteiger partial charge in [-0.25, -0.2) is 0 Å². The predicted molar refractivity (Wildman–Crippen MR) is 116 cm³/mol. The van der Waals surface area contributed by atoms with Gasteiger partial charge in [0.15, 0.2) is 0 Å². The van der Waals surface area contributed by atoms with E-state index in [9.17, 15) is 0 Å². The summed E-state index contributed by atoms with van der Waals surface area (Å²) in [5.74, 6) is 0. The Bertz CT molecular complexity index is 766. The number of ether oxygens (including phenoxy) is 2. The molecule has 3 rings (SSSR count). The highest BCUT2D eigenvalue weighted by atomic mass is 16.5. The maximum atomic E-state index is 5.55. The molecule has 4 heteroatoms. The first-order valence-corrected chi connectivity index (χ1v) is 10.0. The average Bonchev–Trinajstić information content (AvgIpc) is 2.73. The molecule has 4 bridgehead atoms. The number of nitrogens with one attached hydrogen (secondary N) is 2. The molecule has 1 heterocycles. The van der Waals surface area contributed by atoms with E-state index in [1.54, 1.807) is 0 Å². The summed E-state index contributed by atoms with van der Waals surface area (Å²) in [6, 6.07) is 17.3. The Morgan fingerprint density at radius 1 is 0.750 bits per heavy atom. The van der Waals surface area contributed by atoms with Gasteiger partial charge in [0.1, 0.15) is 0 Å². The maximum Gasteiger partial charge on any atom is 0.0670 e. The molecule has 0 amide bonds. The summed E-state index contributed by atoms with van der Waals surface area (Å²) in [5.41, 5.74) is 7.00. The molecule has 2 aromatic carbocycles. The van der Waals surface area contributed by atoms with Crippen LogP contribution in [0.4, 0.5) is 0 Å². The summed E-state index contributed by atoms with van der Waals surface area (Å²) >= 11 is 0. The fraction of sp³-hybridized carbons (Fsp3) is 0.333. The third kappa shape index (κ3) is 5.72. The number of fused-ring (bicyclic) bond motifs is 4. The minimum Gasteiger partial charge on any atom is -0.381 e.